The van der Waals surface area contributed by atoms with E-state index in [0.29, 0.717) is 41.6 Å². The van der Waals surface area contributed by atoms with Gasteiger partial charge in [0, 0.05) is 56.0 Å². The van der Waals surface area contributed by atoms with E-state index in [4.69, 9.17) is 11.6 Å². The molecule has 0 atom stereocenters. The summed E-state index contributed by atoms with van der Waals surface area (Å²) >= 11 is 6.28. The predicted octanol–water partition coefficient (Wildman–Crippen LogP) is 3.01. The monoisotopic (exact) mass is 508 g/mol. The standard InChI is InChI=1S/C24H29ClN10O/c1-3-19-29-23(33-24(31-19)35-12-10-34(2)11-13-35)32-22-28-18(25)14-20(30-22)26-16-6-4-15(5-7-16)21(36)27-17-8-9-17/h4-7,14,17H,3,8-13H2,1-2H3,(H,27,36)(H2,26,28,29,30,31,32,33). The van der Waals surface area contributed by atoms with Crippen molar-refractivity contribution in [2.24, 2.45) is 0 Å². The number of rotatable bonds is 8. The second kappa shape index (κ2) is 10.6. The largest absolute Gasteiger partial charge is 0.349 e. The van der Waals surface area contributed by atoms with Gasteiger partial charge in [0.25, 0.3) is 5.91 Å². The van der Waals surface area contributed by atoms with Crippen molar-refractivity contribution in [2.75, 3.05) is 48.8 Å². The quantitative estimate of drug-likeness (QED) is 0.391. The fraction of sp³-hybridized carbons (Fsp3) is 0.417. The molecule has 3 N–H and O–H groups in total. The lowest BCUT2D eigenvalue weighted by Crippen LogP contribution is -2.45. The lowest BCUT2D eigenvalue weighted by Gasteiger charge is -2.32. The maximum Gasteiger partial charge on any atom is 0.251 e. The molecule has 3 aromatic rings. The molecule has 0 spiro atoms. The zero-order valence-corrected chi connectivity index (χ0v) is 21.1. The van der Waals surface area contributed by atoms with Crippen LogP contribution in [0.15, 0.2) is 30.3 Å². The molecule has 1 saturated carbocycles. The molecule has 11 nitrogen and oxygen atoms in total. The number of nitrogens with one attached hydrogen (secondary N) is 3. The fourth-order valence-corrected chi connectivity index (χ4v) is 3.94. The van der Waals surface area contributed by atoms with Crippen LogP contribution in [0.3, 0.4) is 0 Å². The summed E-state index contributed by atoms with van der Waals surface area (Å²) < 4.78 is 0. The van der Waals surface area contributed by atoms with Gasteiger partial charge < -0.3 is 20.4 Å². The number of carbonyl (C=O) groups excluding carboxylic acids is 1. The number of hydrogen-bond donors (Lipinski definition) is 3. The Bertz CT molecular complexity index is 1230. The normalized spacial score (nSPS) is 16.0. The molecule has 0 radical (unpaired) electrons. The zero-order chi connectivity index (χ0) is 25.1. The van der Waals surface area contributed by atoms with Gasteiger partial charge in [0.2, 0.25) is 17.8 Å². The van der Waals surface area contributed by atoms with Crippen molar-refractivity contribution < 1.29 is 4.79 Å². The summed E-state index contributed by atoms with van der Waals surface area (Å²) in [6, 6.07) is 9.15. The second-order valence-corrected chi connectivity index (χ2v) is 9.38. The van der Waals surface area contributed by atoms with Crippen LogP contribution in [0.4, 0.5) is 29.4 Å². The minimum atomic E-state index is -0.0552. The molecule has 2 aromatic heterocycles. The van der Waals surface area contributed by atoms with Gasteiger partial charge in [-0.1, -0.05) is 18.5 Å². The van der Waals surface area contributed by atoms with Crippen LogP contribution in [0.5, 0.6) is 0 Å². The molecule has 0 unspecified atom stereocenters. The topological polar surface area (TPSA) is 124 Å². The summed E-state index contributed by atoms with van der Waals surface area (Å²) in [7, 11) is 2.11. The molecule has 1 saturated heterocycles. The summed E-state index contributed by atoms with van der Waals surface area (Å²) in [6.45, 7) is 5.62. The van der Waals surface area contributed by atoms with Crippen molar-refractivity contribution in [2.45, 2.75) is 32.2 Å². The summed E-state index contributed by atoms with van der Waals surface area (Å²) in [5, 5.41) is 9.54. The average Bonchev–Trinajstić information content (AvgIpc) is 3.68. The Morgan fingerprint density at radius 3 is 2.39 bits per heavy atom. The third kappa shape index (κ3) is 6.16. The van der Waals surface area contributed by atoms with E-state index in [0.717, 1.165) is 44.7 Å². The van der Waals surface area contributed by atoms with E-state index in [1.807, 2.05) is 19.1 Å². The van der Waals surface area contributed by atoms with Gasteiger partial charge in [-0.3, -0.25) is 10.1 Å². The van der Waals surface area contributed by atoms with Crippen molar-refractivity contribution in [1.82, 2.24) is 35.1 Å². The van der Waals surface area contributed by atoms with E-state index in [1.165, 1.54) is 0 Å². The highest BCUT2D eigenvalue weighted by molar-refractivity contribution is 6.29. The molecular weight excluding hydrogens is 480 g/mol. The Kier molecular flexibility index (Phi) is 7.10. The van der Waals surface area contributed by atoms with Crippen molar-refractivity contribution in [1.29, 1.82) is 0 Å². The summed E-state index contributed by atoms with van der Waals surface area (Å²) in [6.07, 6.45) is 2.78. The molecular formula is C24H29ClN10O. The predicted molar refractivity (Wildman–Crippen MR) is 139 cm³/mol. The molecule has 1 aliphatic carbocycles. The minimum absolute atomic E-state index is 0.0552. The molecule has 188 valence electrons. The smallest absolute Gasteiger partial charge is 0.251 e. The van der Waals surface area contributed by atoms with Crippen LogP contribution in [-0.2, 0) is 6.42 Å². The third-order valence-electron chi connectivity index (χ3n) is 6.02. The van der Waals surface area contributed by atoms with Crippen LogP contribution in [0.25, 0.3) is 0 Å². The number of aryl methyl sites for hydroxylation is 1. The first-order valence-electron chi connectivity index (χ1n) is 12.1. The van der Waals surface area contributed by atoms with E-state index in [2.05, 4.69) is 57.7 Å². The SMILES string of the molecule is CCc1nc(Nc2nc(Cl)cc(Nc3ccc(C(=O)NC4CC4)cc3)n2)nc(N2CCN(C)CC2)n1. The number of aromatic nitrogens is 5. The lowest BCUT2D eigenvalue weighted by molar-refractivity contribution is 0.0951. The number of hydrogen-bond acceptors (Lipinski definition) is 10. The van der Waals surface area contributed by atoms with Gasteiger partial charge in [-0.15, -0.1) is 0 Å². The van der Waals surface area contributed by atoms with Crippen molar-refractivity contribution in [3.8, 4) is 0 Å². The Morgan fingerprint density at radius 1 is 0.972 bits per heavy atom. The number of benzene rings is 1. The summed E-state index contributed by atoms with van der Waals surface area (Å²) in [4.78, 5) is 39.2. The molecule has 5 rings (SSSR count). The third-order valence-corrected chi connectivity index (χ3v) is 6.22. The second-order valence-electron chi connectivity index (χ2n) is 8.99. The Hall–Kier alpha value is -3.57. The van der Waals surface area contributed by atoms with Gasteiger partial charge in [0.05, 0.1) is 0 Å². The Morgan fingerprint density at radius 2 is 1.69 bits per heavy atom. The van der Waals surface area contributed by atoms with Gasteiger partial charge in [-0.25, -0.2) is 4.98 Å². The molecule has 1 aliphatic heterocycles. The molecule has 36 heavy (non-hydrogen) atoms. The van der Waals surface area contributed by atoms with E-state index >= 15 is 0 Å². The Labute approximate surface area is 214 Å². The number of likely N-dealkylation sites (N-methyl/N-ethyl adjacent to an activating group) is 1. The fourth-order valence-electron chi connectivity index (χ4n) is 3.76. The number of halogens is 1. The van der Waals surface area contributed by atoms with Gasteiger partial charge in [-0.05, 0) is 44.2 Å². The van der Waals surface area contributed by atoms with Crippen molar-refractivity contribution >= 4 is 46.9 Å². The van der Waals surface area contributed by atoms with Crippen LogP contribution in [-0.4, -0.2) is 75.0 Å². The van der Waals surface area contributed by atoms with Gasteiger partial charge in [0.1, 0.15) is 16.8 Å². The first kappa shape index (κ1) is 24.1. The number of piperazine rings is 1. The van der Waals surface area contributed by atoms with Crippen molar-refractivity contribution in [3.63, 3.8) is 0 Å². The van der Waals surface area contributed by atoms with E-state index in [1.54, 1.807) is 18.2 Å². The van der Waals surface area contributed by atoms with Gasteiger partial charge in [0.15, 0.2) is 0 Å². The van der Waals surface area contributed by atoms with Gasteiger partial charge in [-0.2, -0.15) is 19.9 Å². The summed E-state index contributed by atoms with van der Waals surface area (Å²) in [5.41, 5.74) is 1.39. The maximum absolute atomic E-state index is 12.2. The lowest BCUT2D eigenvalue weighted by atomic mass is 10.2. The number of anilines is 5. The van der Waals surface area contributed by atoms with Crippen LogP contribution in [0.2, 0.25) is 5.15 Å². The van der Waals surface area contributed by atoms with E-state index in [9.17, 15) is 4.79 Å². The van der Waals surface area contributed by atoms with Crippen LogP contribution in [0, 0.1) is 0 Å². The highest BCUT2D eigenvalue weighted by Gasteiger charge is 2.23. The first-order valence-corrected chi connectivity index (χ1v) is 12.5. The molecule has 1 aromatic carbocycles. The molecule has 0 bridgehead atoms. The molecule has 1 amide bonds. The zero-order valence-electron chi connectivity index (χ0n) is 20.3. The highest BCUT2D eigenvalue weighted by atomic mass is 35.5. The minimum Gasteiger partial charge on any atom is -0.349 e. The maximum atomic E-state index is 12.2. The van der Waals surface area contributed by atoms with Crippen LogP contribution in [0.1, 0.15) is 35.9 Å². The number of amides is 1. The highest BCUT2D eigenvalue weighted by Crippen LogP contribution is 2.23. The van der Waals surface area contributed by atoms with Gasteiger partial charge >= 0.3 is 0 Å². The average molecular weight is 509 g/mol. The van der Waals surface area contributed by atoms with Crippen LogP contribution < -0.4 is 20.9 Å². The van der Waals surface area contributed by atoms with E-state index < -0.39 is 0 Å². The molecule has 3 heterocycles. The molecule has 12 heteroatoms. The molecule has 2 fully saturated rings. The molecule has 2 aliphatic rings. The number of nitrogens with zero attached hydrogens (tertiary/aromatic N) is 7. The van der Waals surface area contributed by atoms with Crippen molar-refractivity contribution in [3.05, 3.63) is 46.9 Å². The van der Waals surface area contributed by atoms with E-state index in [-0.39, 0.29) is 17.0 Å². The first-order chi connectivity index (χ1) is 17.4. The Balaban J connectivity index is 1.30. The van der Waals surface area contributed by atoms with Crippen LogP contribution >= 0.6 is 11.6 Å². The summed E-state index contributed by atoms with van der Waals surface area (Å²) in [5.74, 6) is 2.41. The number of carbonyl (C=O) groups is 1.